The molecule has 7 N–H and O–H groups in total. The number of hydrogen-bond acceptors (Lipinski definition) is 6. The number of phenolic OH excluding ortho intramolecular Hbond substituents is 1. The van der Waals surface area contributed by atoms with Crippen LogP contribution in [0.15, 0.2) is 36.8 Å². The number of amides is 1. The molecule has 0 atom stereocenters. The summed E-state index contributed by atoms with van der Waals surface area (Å²) in [6.07, 6.45) is 4.08. The number of carbonyl (C=O) groups is 1. The van der Waals surface area contributed by atoms with Gasteiger partial charge in [-0.15, -0.1) is 0 Å². The van der Waals surface area contributed by atoms with E-state index in [0.29, 0.717) is 22.0 Å². The number of carbonyl (C=O) groups excluding carboxylic acids is 1. The predicted octanol–water partition coefficient (Wildman–Crippen LogP) is 2.25. The molecule has 0 saturated carbocycles. The molecule has 0 fully saturated rings. The first-order valence-corrected chi connectivity index (χ1v) is 7.17. The van der Waals surface area contributed by atoms with Crippen molar-refractivity contribution < 1.29 is 9.90 Å². The zero-order chi connectivity index (χ0) is 17.3. The summed E-state index contributed by atoms with van der Waals surface area (Å²) in [6.45, 7) is 0. The fourth-order valence-electron chi connectivity index (χ4n) is 2.15. The number of phenols is 1. The van der Waals surface area contributed by atoms with Crippen LogP contribution in [0.2, 0.25) is 5.02 Å². The van der Waals surface area contributed by atoms with E-state index in [2.05, 4.69) is 20.5 Å². The van der Waals surface area contributed by atoms with Gasteiger partial charge < -0.3 is 21.9 Å². The monoisotopic (exact) mass is 344 g/mol. The summed E-state index contributed by atoms with van der Waals surface area (Å²) in [7, 11) is 0. The Labute approximate surface area is 141 Å². The topological polar surface area (TPSA) is 143 Å². The molecule has 2 heterocycles. The highest BCUT2D eigenvalue weighted by Gasteiger charge is 2.17. The Hall–Kier alpha value is -3.26. The maximum atomic E-state index is 12.4. The molecule has 0 aliphatic heterocycles. The van der Waals surface area contributed by atoms with Gasteiger partial charge in [0, 0.05) is 16.8 Å². The Balaban J connectivity index is 1.95. The molecule has 3 rings (SSSR count). The maximum absolute atomic E-state index is 12.4. The summed E-state index contributed by atoms with van der Waals surface area (Å²) in [4.78, 5) is 16.3. The molecule has 0 unspecified atom stereocenters. The summed E-state index contributed by atoms with van der Waals surface area (Å²) in [5, 5.41) is 19.7. The Morgan fingerprint density at radius 2 is 2.04 bits per heavy atom. The lowest BCUT2D eigenvalue weighted by Gasteiger charge is -2.10. The Kier molecular flexibility index (Phi) is 3.97. The zero-order valence-corrected chi connectivity index (χ0v) is 13.0. The van der Waals surface area contributed by atoms with Crippen molar-refractivity contribution in [1.29, 1.82) is 0 Å². The van der Waals surface area contributed by atoms with Crippen LogP contribution in [0.25, 0.3) is 11.3 Å². The van der Waals surface area contributed by atoms with E-state index in [0.717, 1.165) is 0 Å². The second-order valence-electron chi connectivity index (χ2n) is 4.96. The van der Waals surface area contributed by atoms with Crippen LogP contribution in [0, 0.1) is 0 Å². The first-order chi connectivity index (χ1) is 11.5. The van der Waals surface area contributed by atoms with Gasteiger partial charge in [0.1, 0.15) is 5.75 Å². The number of aromatic amines is 1. The third-order valence-electron chi connectivity index (χ3n) is 3.38. The highest BCUT2D eigenvalue weighted by atomic mass is 35.5. The van der Waals surface area contributed by atoms with E-state index in [9.17, 15) is 9.90 Å². The molecule has 24 heavy (non-hydrogen) atoms. The smallest absolute Gasteiger partial charge is 0.259 e. The quantitative estimate of drug-likeness (QED) is 0.493. The Morgan fingerprint density at radius 1 is 1.25 bits per heavy atom. The van der Waals surface area contributed by atoms with E-state index in [1.165, 1.54) is 24.7 Å². The number of benzene rings is 1. The van der Waals surface area contributed by atoms with E-state index in [4.69, 9.17) is 23.1 Å². The molecule has 1 amide bonds. The fourth-order valence-corrected chi connectivity index (χ4v) is 2.32. The molecule has 0 bridgehead atoms. The standard InChI is InChI=1S/C15H13ClN6O2/c16-7-1-2-12(23)8(3-7)14-11(6-20-22-14)21-15(24)9-4-19-5-10(17)13(9)18/h1-6,23H,17H2,(H2,18,19)(H,20,22)(H,21,24). The van der Waals surface area contributed by atoms with Crippen molar-refractivity contribution in [2.24, 2.45) is 0 Å². The van der Waals surface area contributed by atoms with Crippen molar-refractivity contribution in [3.05, 3.63) is 47.4 Å². The lowest BCUT2D eigenvalue weighted by Crippen LogP contribution is -2.15. The fraction of sp³-hybridized carbons (Fsp3) is 0. The van der Waals surface area contributed by atoms with Gasteiger partial charge in [-0.25, -0.2) is 0 Å². The zero-order valence-electron chi connectivity index (χ0n) is 12.2. The average Bonchev–Trinajstić information content (AvgIpc) is 3.00. The molecule has 0 aliphatic rings. The highest BCUT2D eigenvalue weighted by molar-refractivity contribution is 6.31. The SMILES string of the molecule is Nc1cncc(C(=O)Nc2cn[nH]c2-c2cc(Cl)ccc2O)c1N. The number of halogens is 1. The van der Waals surface area contributed by atoms with Crippen LogP contribution < -0.4 is 16.8 Å². The van der Waals surface area contributed by atoms with Gasteiger partial charge in [0.05, 0.1) is 40.7 Å². The molecule has 0 spiro atoms. The third kappa shape index (κ3) is 2.82. The number of nitrogens with zero attached hydrogens (tertiary/aromatic N) is 2. The van der Waals surface area contributed by atoms with Gasteiger partial charge in [0.25, 0.3) is 5.91 Å². The second kappa shape index (κ2) is 6.09. The van der Waals surface area contributed by atoms with E-state index >= 15 is 0 Å². The van der Waals surface area contributed by atoms with Gasteiger partial charge >= 0.3 is 0 Å². The van der Waals surface area contributed by atoms with Gasteiger partial charge in [-0.3, -0.25) is 14.9 Å². The van der Waals surface area contributed by atoms with Crippen molar-refractivity contribution >= 4 is 34.6 Å². The largest absolute Gasteiger partial charge is 0.507 e. The summed E-state index contributed by atoms with van der Waals surface area (Å²) >= 11 is 5.95. The first-order valence-electron chi connectivity index (χ1n) is 6.80. The van der Waals surface area contributed by atoms with Gasteiger partial charge in [0.2, 0.25) is 0 Å². The number of pyridine rings is 1. The van der Waals surface area contributed by atoms with E-state index in [-0.39, 0.29) is 22.7 Å². The highest BCUT2D eigenvalue weighted by Crippen LogP contribution is 2.35. The molecule has 1 aromatic carbocycles. The van der Waals surface area contributed by atoms with Crippen LogP contribution in [0.5, 0.6) is 5.75 Å². The lowest BCUT2D eigenvalue weighted by molar-refractivity contribution is 0.102. The number of H-pyrrole nitrogens is 1. The summed E-state index contributed by atoms with van der Waals surface area (Å²) in [5.41, 5.74) is 13.1. The molecule has 3 aromatic rings. The van der Waals surface area contributed by atoms with Crippen LogP contribution in [-0.2, 0) is 0 Å². The van der Waals surface area contributed by atoms with Crippen LogP contribution in [0.4, 0.5) is 17.1 Å². The maximum Gasteiger partial charge on any atom is 0.259 e. The summed E-state index contributed by atoms with van der Waals surface area (Å²) < 4.78 is 0. The molecule has 8 nitrogen and oxygen atoms in total. The molecule has 9 heteroatoms. The molecule has 122 valence electrons. The third-order valence-corrected chi connectivity index (χ3v) is 3.61. The Morgan fingerprint density at radius 3 is 2.83 bits per heavy atom. The molecule has 0 radical (unpaired) electrons. The van der Waals surface area contributed by atoms with Crippen LogP contribution in [0.1, 0.15) is 10.4 Å². The van der Waals surface area contributed by atoms with E-state index in [1.807, 2.05) is 0 Å². The van der Waals surface area contributed by atoms with Gasteiger partial charge in [-0.05, 0) is 18.2 Å². The summed E-state index contributed by atoms with van der Waals surface area (Å²) in [6, 6.07) is 4.55. The van der Waals surface area contributed by atoms with Crippen LogP contribution in [-0.4, -0.2) is 26.2 Å². The second-order valence-corrected chi connectivity index (χ2v) is 5.40. The van der Waals surface area contributed by atoms with Crippen molar-refractivity contribution in [2.75, 3.05) is 16.8 Å². The average molecular weight is 345 g/mol. The van der Waals surface area contributed by atoms with Gasteiger partial charge in [0.15, 0.2) is 0 Å². The van der Waals surface area contributed by atoms with Crippen molar-refractivity contribution in [3.63, 3.8) is 0 Å². The normalized spacial score (nSPS) is 10.5. The molecule has 0 aliphatic carbocycles. The number of hydrogen-bond donors (Lipinski definition) is 5. The molecular weight excluding hydrogens is 332 g/mol. The minimum absolute atomic E-state index is 0.00992. The molecule has 2 aromatic heterocycles. The first kappa shape index (κ1) is 15.6. The number of nitrogens with one attached hydrogen (secondary N) is 2. The lowest BCUT2D eigenvalue weighted by atomic mass is 10.1. The van der Waals surface area contributed by atoms with Crippen molar-refractivity contribution in [2.45, 2.75) is 0 Å². The number of aromatic nitrogens is 3. The summed E-state index contributed by atoms with van der Waals surface area (Å²) in [5.74, 6) is -0.513. The van der Waals surface area contributed by atoms with Crippen LogP contribution >= 0.6 is 11.6 Å². The number of anilines is 3. The van der Waals surface area contributed by atoms with Gasteiger partial charge in [-0.2, -0.15) is 5.10 Å². The van der Waals surface area contributed by atoms with E-state index < -0.39 is 5.91 Å². The number of aromatic hydroxyl groups is 1. The number of rotatable bonds is 3. The minimum atomic E-state index is -0.503. The number of nitrogens with two attached hydrogens (primary N) is 2. The van der Waals surface area contributed by atoms with Crippen LogP contribution in [0.3, 0.4) is 0 Å². The predicted molar refractivity (Wildman–Crippen MR) is 91.7 cm³/mol. The van der Waals surface area contributed by atoms with E-state index in [1.54, 1.807) is 12.1 Å². The van der Waals surface area contributed by atoms with Crippen molar-refractivity contribution in [1.82, 2.24) is 15.2 Å². The molecular formula is C15H13ClN6O2. The number of nitrogen functional groups attached to an aromatic ring is 2. The van der Waals surface area contributed by atoms with Gasteiger partial charge in [-0.1, -0.05) is 11.6 Å². The van der Waals surface area contributed by atoms with Crippen molar-refractivity contribution in [3.8, 4) is 17.0 Å². The molecule has 0 saturated heterocycles. The minimum Gasteiger partial charge on any atom is -0.507 e. The Bertz CT molecular complexity index is 924.